The molecule has 3 rings (SSSR count). The highest BCUT2D eigenvalue weighted by Crippen LogP contribution is 2.26. The lowest BCUT2D eigenvalue weighted by atomic mass is 10.1. The van der Waals surface area contributed by atoms with Crippen LogP contribution >= 0.6 is 0 Å². The lowest BCUT2D eigenvalue weighted by Crippen LogP contribution is -2.48. The molecular formula is C16H18FN3O2S. The first-order chi connectivity index (χ1) is 11.1. The second kappa shape index (κ2) is 6.74. The number of rotatable bonds is 4. The van der Waals surface area contributed by atoms with Gasteiger partial charge in [0.1, 0.15) is 5.82 Å². The Labute approximate surface area is 135 Å². The molecule has 0 radical (unpaired) electrons. The van der Waals surface area contributed by atoms with Crippen LogP contribution in [0.1, 0.15) is 17.2 Å². The summed E-state index contributed by atoms with van der Waals surface area (Å²) in [6, 6.07) is 9.09. The smallest absolute Gasteiger partial charge is 0.218 e. The van der Waals surface area contributed by atoms with Crippen molar-refractivity contribution in [2.24, 2.45) is 0 Å². The molecule has 122 valence electrons. The highest BCUT2D eigenvalue weighted by atomic mass is 32.2. The second-order valence-electron chi connectivity index (χ2n) is 5.50. The summed E-state index contributed by atoms with van der Waals surface area (Å²) in [7, 11) is -3.55. The van der Waals surface area contributed by atoms with Crippen LogP contribution in [0.5, 0.6) is 0 Å². The average Bonchev–Trinajstić information content (AvgIpc) is 2.55. The highest BCUT2D eigenvalue weighted by Gasteiger charge is 2.33. The molecular weight excluding hydrogens is 317 g/mol. The van der Waals surface area contributed by atoms with E-state index in [-0.39, 0.29) is 11.8 Å². The van der Waals surface area contributed by atoms with Crippen molar-refractivity contribution in [1.29, 1.82) is 0 Å². The quantitative estimate of drug-likeness (QED) is 0.924. The van der Waals surface area contributed by atoms with Gasteiger partial charge in [0, 0.05) is 32.0 Å². The fourth-order valence-corrected chi connectivity index (χ4v) is 4.52. The monoisotopic (exact) mass is 335 g/mol. The molecule has 1 saturated heterocycles. The number of nitrogens with zero attached hydrogens (tertiary/aromatic N) is 2. The van der Waals surface area contributed by atoms with E-state index in [9.17, 15) is 12.8 Å². The minimum absolute atomic E-state index is 0.207. The van der Waals surface area contributed by atoms with E-state index in [1.807, 2.05) is 6.07 Å². The minimum Gasteiger partial charge on any atom is -0.313 e. The van der Waals surface area contributed by atoms with Crippen molar-refractivity contribution >= 4 is 10.0 Å². The van der Waals surface area contributed by atoms with E-state index in [4.69, 9.17) is 0 Å². The van der Waals surface area contributed by atoms with E-state index in [0.717, 1.165) is 5.56 Å². The molecule has 7 heteroatoms. The van der Waals surface area contributed by atoms with Crippen LogP contribution in [-0.4, -0.2) is 37.3 Å². The van der Waals surface area contributed by atoms with Gasteiger partial charge in [0.2, 0.25) is 10.0 Å². The van der Waals surface area contributed by atoms with Gasteiger partial charge in [-0.05, 0) is 29.3 Å². The van der Waals surface area contributed by atoms with E-state index in [1.54, 1.807) is 24.5 Å². The topological polar surface area (TPSA) is 62.3 Å². The number of pyridine rings is 1. The zero-order valence-corrected chi connectivity index (χ0v) is 13.3. The van der Waals surface area contributed by atoms with Crippen LogP contribution in [0.15, 0.2) is 48.8 Å². The lowest BCUT2D eigenvalue weighted by molar-refractivity contribution is 0.271. The molecule has 1 aliphatic heterocycles. The summed E-state index contributed by atoms with van der Waals surface area (Å²) in [5.41, 5.74) is 1.30. The largest absolute Gasteiger partial charge is 0.313 e. The third kappa shape index (κ3) is 3.74. The maximum Gasteiger partial charge on any atom is 0.218 e. The SMILES string of the molecule is O=S(=O)(Cc1cccc(F)c1)N1CCNCC1c1cccnc1. The Bertz CT molecular complexity index is 768. The summed E-state index contributed by atoms with van der Waals surface area (Å²) in [6.45, 7) is 1.52. The summed E-state index contributed by atoms with van der Waals surface area (Å²) in [5, 5.41) is 3.21. The molecule has 1 aliphatic rings. The van der Waals surface area contributed by atoms with E-state index < -0.39 is 15.8 Å². The number of aromatic nitrogens is 1. The fourth-order valence-electron chi connectivity index (χ4n) is 2.80. The summed E-state index contributed by atoms with van der Waals surface area (Å²) in [5.74, 6) is -0.636. The Kier molecular flexibility index (Phi) is 4.70. The number of benzene rings is 1. The van der Waals surface area contributed by atoms with Crippen molar-refractivity contribution in [2.75, 3.05) is 19.6 Å². The van der Waals surface area contributed by atoms with Gasteiger partial charge in [-0.3, -0.25) is 4.98 Å². The predicted octanol–water partition coefficient (Wildman–Crippen LogP) is 1.70. The number of sulfonamides is 1. The zero-order chi connectivity index (χ0) is 16.3. The van der Waals surface area contributed by atoms with Gasteiger partial charge in [-0.25, -0.2) is 12.8 Å². The third-order valence-electron chi connectivity index (χ3n) is 3.86. The van der Waals surface area contributed by atoms with Crippen LogP contribution < -0.4 is 5.32 Å². The molecule has 23 heavy (non-hydrogen) atoms. The minimum atomic E-state index is -3.55. The second-order valence-corrected chi connectivity index (χ2v) is 7.42. The molecule has 0 spiro atoms. The zero-order valence-electron chi connectivity index (χ0n) is 12.5. The van der Waals surface area contributed by atoms with Gasteiger partial charge in [-0.2, -0.15) is 4.31 Å². The van der Waals surface area contributed by atoms with Gasteiger partial charge >= 0.3 is 0 Å². The first-order valence-corrected chi connectivity index (χ1v) is 9.02. The van der Waals surface area contributed by atoms with E-state index in [2.05, 4.69) is 10.3 Å². The van der Waals surface area contributed by atoms with Crippen molar-refractivity contribution in [3.63, 3.8) is 0 Å². The van der Waals surface area contributed by atoms with E-state index in [1.165, 1.54) is 22.5 Å². The molecule has 1 fully saturated rings. The predicted molar refractivity (Wildman–Crippen MR) is 85.6 cm³/mol. The van der Waals surface area contributed by atoms with Gasteiger partial charge in [-0.15, -0.1) is 0 Å². The molecule has 0 bridgehead atoms. The van der Waals surface area contributed by atoms with Crippen LogP contribution in [0.25, 0.3) is 0 Å². The van der Waals surface area contributed by atoms with Crippen LogP contribution in [-0.2, 0) is 15.8 Å². The average molecular weight is 335 g/mol. The van der Waals surface area contributed by atoms with Crippen molar-refractivity contribution in [2.45, 2.75) is 11.8 Å². The molecule has 5 nitrogen and oxygen atoms in total. The summed E-state index contributed by atoms with van der Waals surface area (Å²) in [6.07, 6.45) is 3.34. The molecule has 1 unspecified atom stereocenters. The summed E-state index contributed by atoms with van der Waals surface area (Å²) < 4.78 is 40.4. The van der Waals surface area contributed by atoms with Crippen LogP contribution in [0.2, 0.25) is 0 Å². The standard InChI is InChI=1S/C16H18FN3O2S/c17-15-5-1-3-13(9-15)12-23(21,22)20-8-7-19-11-16(20)14-4-2-6-18-10-14/h1-6,9-10,16,19H,7-8,11-12H2. The molecule has 0 aliphatic carbocycles. The van der Waals surface area contributed by atoms with Gasteiger partial charge in [0.05, 0.1) is 11.8 Å². The number of hydrogen-bond donors (Lipinski definition) is 1. The van der Waals surface area contributed by atoms with Crippen LogP contribution in [0, 0.1) is 5.82 Å². The number of halogens is 1. The van der Waals surface area contributed by atoms with Crippen LogP contribution in [0.3, 0.4) is 0 Å². The van der Waals surface area contributed by atoms with Gasteiger partial charge in [0.25, 0.3) is 0 Å². The molecule has 1 N–H and O–H groups in total. The fraction of sp³-hybridized carbons (Fsp3) is 0.312. The molecule has 2 heterocycles. The first-order valence-electron chi connectivity index (χ1n) is 7.41. The maximum atomic E-state index is 13.3. The Morgan fingerprint density at radius 1 is 1.30 bits per heavy atom. The van der Waals surface area contributed by atoms with Gasteiger partial charge in [-0.1, -0.05) is 18.2 Å². The summed E-state index contributed by atoms with van der Waals surface area (Å²) >= 11 is 0. The molecule has 0 saturated carbocycles. The maximum absolute atomic E-state index is 13.3. The third-order valence-corrected chi connectivity index (χ3v) is 5.71. The Morgan fingerprint density at radius 3 is 2.91 bits per heavy atom. The first kappa shape index (κ1) is 16.0. The Morgan fingerprint density at radius 2 is 2.17 bits per heavy atom. The molecule has 0 amide bonds. The van der Waals surface area contributed by atoms with Gasteiger partial charge in [0.15, 0.2) is 0 Å². The number of nitrogens with one attached hydrogen (secondary N) is 1. The Hall–Kier alpha value is -1.83. The highest BCUT2D eigenvalue weighted by molar-refractivity contribution is 7.88. The number of hydrogen-bond acceptors (Lipinski definition) is 4. The molecule has 1 aromatic carbocycles. The van der Waals surface area contributed by atoms with Crippen molar-refractivity contribution in [1.82, 2.24) is 14.6 Å². The summed E-state index contributed by atoms with van der Waals surface area (Å²) in [4.78, 5) is 4.07. The van der Waals surface area contributed by atoms with E-state index in [0.29, 0.717) is 25.2 Å². The Balaban J connectivity index is 1.87. The van der Waals surface area contributed by atoms with Crippen molar-refractivity contribution in [3.05, 3.63) is 65.7 Å². The van der Waals surface area contributed by atoms with Gasteiger partial charge < -0.3 is 5.32 Å². The lowest BCUT2D eigenvalue weighted by Gasteiger charge is -2.35. The van der Waals surface area contributed by atoms with Crippen molar-refractivity contribution in [3.8, 4) is 0 Å². The van der Waals surface area contributed by atoms with E-state index >= 15 is 0 Å². The van der Waals surface area contributed by atoms with Crippen LogP contribution in [0.4, 0.5) is 4.39 Å². The molecule has 1 atom stereocenters. The molecule has 2 aromatic rings. The normalized spacial score (nSPS) is 19.6. The number of piperazine rings is 1. The van der Waals surface area contributed by atoms with Crippen molar-refractivity contribution < 1.29 is 12.8 Å². The molecule has 1 aromatic heterocycles.